The molecular formula is C19H30N2. The molecule has 2 nitrogen and oxygen atoms in total. The second-order valence-corrected chi connectivity index (χ2v) is 7.34. The molecule has 2 atom stereocenters. The van der Waals surface area contributed by atoms with Crippen LogP contribution in [0.1, 0.15) is 51.5 Å². The first-order valence-electron chi connectivity index (χ1n) is 8.72. The lowest BCUT2D eigenvalue weighted by Gasteiger charge is -2.46. The third-order valence-corrected chi connectivity index (χ3v) is 5.64. The molecular weight excluding hydrogens is 256 g/mol. The molecule has 21 heavy (non-hydrogen) atoms. The van der Waals surface area contributed by atoms with E-state index in [-0.39, 0.29) is 5.54 Å². The molecule has 0 amide bonds. The van der Waals surface area contributed by atoms with Gasteiger partial charge in [0.05, 0.1) is 5.54 Å². The zero-order valence-electron chi connectivity index (χ0n) is 13.6. The Balaban J connectivity index is 1.63. The number of rotatable bonds is 4. The van der Waals surface area contributed by atoms with Gasteiger partial charge in [0.25, 0.3) is 0 Å². The molecule has 2 heteroatoms. The van der Waals surface area contributed by atoms with Crippen LogP contribution in [0.25, 0.3) is 0 Å². The highest BCUT2D eigenvalue weighted by Gasteiger charge is 2.35. The number of hydrogen-bond donors (Lipinski definition) is 1. The van der Waals surface area contributed by atoms with Gasteiger partial charge in [-0.25, -0.2) is 0 Å². The molecule has 1 aliphatic heterocycles. The van der Waals surface area contributed by atoms with E-state index < -0.39 is 0 Å². The van der Waals surface area contributed by atoms with Crippen LogP contribution in [0.3, 0.4) is 0 Å². The van der Waals surface area contributed by atoms with Gasteiger partial charge in [0.1, 0.15) is 0 Å². The van der Waals surface area contributed by atoms with Crippen LogP contribution in [0.4, 0.5) is 0 Å². The highest BCUT2D eigenvalue weighted by molar-refractivity contribution is 5.25. The standard InChI is InChI=1S/C19H30N2/c1-16-14-20-19(2,18-10-4-3-5-11-18)15-21(16)13-12-17-8-6-7-9-17/h3-5,10-11,16-17,20H,6-9,12-15H2,1-2H3. The molecule has 2 unspecified atom stereocenters. The normalized spacial score (nSPS) is 31.6. The van der Waals surface area contributed by atoms with Gasteiger partial charge in [0.2, 0.25) is 0 Å². The zero-order chi connectivity index (χ0) is 14.7. The summed E-state index contributed by atoms with van der Waals surface area (Å²) >= 11 is 0. The van der Waals surface area contributed by atoms with E-state index in [0.717, 1.165) is 19.0 Å². The molecule has 1 N–H and O–H groups in total. The van der Waals surface area contributed by atoms with E-state index in [4.69, 9.17) is 0 Å². The van der Waals surface area contributed by atoms with Crippen LogP contribution < -0.4 is 5.32 Å². The van der Waals surface area contributed by atoms with Crippen molar-refractivity contribution in [2.45, 2.75) is 57.5 Å². The first kappa shape index (κ1) is 15.1. The van der Waals surface area contributed by atoms with Crippen molar-refractivity contribution in [3.8, 4) is 0 Å². The smallest absolute Gasteiger partial charge is 0.0535 e. The van der Waals surface area contributed by atoms with E-state index in [1.165, 1.54) is 44.2 Å². The summed E-state index contributed by atoms with van der Waals surface area (Å²) in [5, 5.41) is 3.78. The van der Waals surface area contributed by atoms with Gasteiger partial charge in [0.15, 0.2) is 0 Å². The van der Waals surface area contributed by atoms with Gasteiger partial charge in [-0.05, 0) is 38.3 Å². The number of piperazine rings is 1. The molecule has 2 fully saturated rings. The van der Waals surface area contributed by atoms with Crippen molar-refractivity contribution in [3.05, 3.63) is 35.9 Å². The molecule has 1 aromatic carbocycles. The number of hydrogen-bond acceptors (Lipinski definition) is 2. The summed E-state index contributed by atoms with van der Waals surface area (Å²) in [5.41, 5.74) is 1.52. The van der Waals surface area contributed by atoms with Gasteiger partial charge in [0, 0.05) is 19.1 Å². The average molecular weight is 286 g/mol. The predicted octanol–water partition coefficient (Wildman–Crippen LogP) is 3.78. The fourth-order valence-electron chi connectivity index (χ4n) is 4.07. The van der Waals surface area contributed by atoms with Gasteiger partial charge in [-0.1, -0.05) is 56.0 Å². The predicted molar refractivity (Wildman–Crippen MR) is 89.4 cm³/mol. The Hall–Kier alpha value is -0.860. The summed E-state index contributed by atoms with van der Waals surface area (Å²) in [6.45, 7) is 8.22. The van der Waals surface area contributed by atoms with E-state index in [2.05, 4.69) is 54.4 Å². The largest absolute Gasteiger partial charge is 0.305 e. The first-order valence-corrected chi connectivity index (χ1v) is 8.72. The van der Waals surface area contributed by atoms with Crippen LogP contribution in [0.5, 0.6) is 0 Å². The Morgan fingerprint density at radius 2 is 1.90 bits per heavy atom. The zero-order valence-corrected chi connectivity index (χ0v) is 13.6. The molecule has 1 heterocycles. The molecule has 1 aromatic rings. The lowest BCUT2D eigenvalue weighted by Crippen LogP contribution is -2.60. The first-order chi connectivity index (χ1) is 10.2. The van der Waals surface area contributed by atoms with E-state index in [1.807, 2.05) is 0 Å². The minimum atomic E-state index is 0.101. The van der Waals surface area contributed by atoms with Gasteiger partial charge >= 0.3 is 0 Å². The van der Waals surface area contributed by atoms with Gasteiger partial charge < -0.3 is 5.32 Å². The Morgan fingerprint density at radius 3 is 2.62 bits per heavy atom. The molecule has 3 rings (SSSR count). The summed E-state index contributed by atoms with van der Waals surface area (Å²) in [6, 6.07) is 11.6. The van der Waals surface area contributed by atoms with E-state index in [1.54, 1.807) is 0 Å². The van der Waals surface area contributed by atoms with Crippen molar-refractivity contribution in [1.29, 1.82) is 0 Å². The van der Waals surface area contributed by atoms with Crippen molar-refractivity contribution >= 4 is 0 Å². The maximum atomic E-state index is 3.78. The molecule has 1 saturated heterocycles. The van der Waals surface area contributed by atoms with Crippen molar-refractivity contribution in [2.24, 2.45) is 5.92 Å². The van der Waals surface area contributed by atoms with E-state index >= 15 is 0 Å². The maximum absolute atomic E-state index is 3.78. The minimum Gasteiger partial charge on any atom is -0.305 e. The van der Waals surface area contributed by atoms with E-state index in [9.17, 15) is 0 Å². The third kappa shape index (κ3) is 3.49. The van der Waals surface area contributed by atoms with Crippen LogP contribution >= 0.6 is 0 Å². The summed E-state index contributed by atoms with van der Waals surface area (Å²) < 4.78 is 0. The van der Waals surface area contributed by atoms with E-state index in [0.29, 0.717) is 6.04 Å². The Bertz CT molecular complexity index is 438. The molecule has 1 saturated carbocycles. The lowest BCUT2D eigenvalue weighted by molar-refractivity contribution is 0.0888. The van der Waals surface area contributed by atoms with Crippen molar-refractivity contribution in [1.82, 2.24) is 10.2 Å². The fraction of sp³-hybridized carbons (Fsp3) is 0.684. The van der Waals surface area contributed by atoms with Crippen LogP contribution in [0.15, 0.2) is 30.3 Å². The van der Waals surface area contributed by atoms with Crippen LogP contribution in [0.2, 0.25) is 0 Å². The van der Waals surface area contributed by atoms with Crippen LogP contribution in [-0.2, 0) is 5.54 Å². The van der Waals surface area contributed by atoms with Crippen molar-refractivity contribution in [3.63, 3.8) is 0 Å². The minimum absolute atomic E-state index is 0.101. The summed E-state index contributed by atoms with van der Waals surface area (Å²) in [5.74, 6) is 0.995. The molecule has 0 bridgehead atoms. The highest BCUT2D eigenvalue weighted by atomic mass is 15.2. The maximum Gasteiger partial charge on any atom is 0.0535 e. The van der Waals surface area contributed by atoms with Gasteiger partial charge in [-0.2, -0.15) is 0 Å². The SMILES string of the molecule is CC1CNC(C)(c2ccccc2)CN1CCC1CCCC1. The second-order valence-electron chi connectivity index (χ2n) is 7.34. The number of nitrogens with one attached hydrogen (secondary N) is 1. The monoisotopic (exact) mass is 286 g/mol. The van der Waals surface area contributed by atoms with Gasteiger partial charge in [-0.15, -0.1) is 0 Å². The average Bonchev–Trinajstić information content (AvgIpc) is 3.03. The molecule has 116 valence electrons. The summed E-state index contributed by atoms with van der Waals surface area (Å²) in [4.78, 5) is 2.71. The molecule has 0 radical (unpaired) electrons. The van der Waals surface area contributed by atoms with Crippen LogP contribution in [0, 0.1) is 5.92 Å². The Kier molecular flexibility index (Phi) is 4.66. The van der Waals surface area contributed by atoms with Crippen molar-refractivity contribution in [2.75, 3.05) is 19.6 Å². The van der Waals surface area contributed by atoms with Crippen LogP contribution in [-0.4, -0.2) is 30.6 Å². The molecule has 0 spiro atoms. The molecule has 1 aliphatic carbocycles. The quantitative estimate of drug-likeness (QED) is 0.906. The van der Waals surface area contributed by atoms with Gasteiger partial charge in [-0.3, -0.25) is 4.90 Å². The van der Waals surface area contributed by atoms with Crippen molar-refractivity contribution < 1.29 is 0 Å². The Labute approximate surface area is 129 Å². The number of benzene rings is 1. The second kappa shape index (κ2) is 6.50. The fourth-order valence-corrected chi connectivity index (χ4v) is 4.07. The third-order valence-electron chi connectivity index (χ3n) is 5.64. The lowest BCUT2D eigenvalue weighted by atomic mass is 9.88. The summed E-state index contributed by atoms with van der Waals surface area (Å²) in [6.07, 6.45) is 7.26. The molecule has 2 aliphatic rings. The topological polar surface area (TPSA) is 15.3 Å². The highest BCUT2D eigenvalue weighted by Crippen LogP contribution is 2.30. The number of nitrogens with zero attached hydrogens (tertiary/aromatic N) is 1. The molecule has 0 aromatic heterocycles. The Morgan fingerprint density at radius 1 is 1.19 bits per heavy atom. The summed E-state index contributed by atoms with van der Waals surface area (Å²) in [7, 11) is 0.